The number of amides is 1. The van der Waals surface area contributed by atoms with Crippen LogP contribution in [0.2, 0.25) is 0 Å². The predicted molar refractivity (Wildman–Crippen MR) is 66.8 cm³/mol. The van der Waals surface area contributed by atoms with Crippen molar-refractivity contribution in [1.29, 1.82) is 0 Å². The molecule has 18 heavy (non-hydrogen) atoms. The second-order valence-corrected chi connectivity index (χ2v) is 3.60. The zero-order valence-electron chi connectivity index (χ0n) is 9.35. The Morgan fingerprint density at radius 3 is 2.61 bits per heavy atom. The van der Waals surface area contributed by atoms with Crippen molar-refractivity contribution in [2.24, 2.45) is 5.73 Å². The summed E-state index contributed by atoms with van der Waals surface area (Å²) >= 11 is 0. The summed E-state index contributed by atoms with van der Waals surface area (Å²) in [7, 11) is 0. The monoisotopic (exact) mass is 246 g/mol. The van der Waals surface area contributed by atoms with Crippen molar-refractivity contribution in [2.75, 3.05) is 11.1 Å². The highest BCUT2D eigenvalue weighted by Gasteiger charge is 2.09. The highest BCUT2D eigenvalue weighted by Crippen LogP contribution is 2.22. The number of nitrogens with two attached hydrogens (primary N) is 2. The van der Waals surface area contributed by atoms with Crippen LogP contribution in [0.25, 0.3) is 0 Å². The van der Waals surface area contributed by atoms with Crippen LogP contribution < -0.4 is 16.8 Å². The fourth-order valence-electron chi connectivity index (χ4n) is 1.40. The maximum atomic E-state index is 13.4. The van der Waals surface area contributed by atoms with Gasteiger partial charge in [-0.3, -0.25) is 4.79 Å². The highest BCUT2D eigenvalue weighted by atomic mass is 19.1. The molecule has 5 nitrogen and oxygen atoms in total. The summed E-state index contributed by atoms with van der Waals surface area (Å²) in [5.41, 5.74) is 11.4. The van der Waals surface area contributed by atoms with Crippen LogP contribution in [0.5, 0.6) is 0 Å². The van der Waals surface area contributed by atoms with Gasteiger partial charge >= 0.3 is 0 Å². The van der Waals surface area contributed by atoms with Crippen LogP contribution in [0.4, 0.5) is 21.6 Å². The second-order valence-electron chi connectivity index (χ2n) is 3.60. The molecule has 0 unspecified atom stereocenters. The molecule has 1 aromatic heterocycles. The average Bonchev–Trinajstić information content (AvgIpc) is 2.34. The van der Waals surface area contributed by atoms with E-state index in [-0.39, 0.29) is 17.2 Å². The van der Waals surface area contributed by atoms with E-state index in [2.05, 4.69) is 10.3 Å². The number of nitrogen functional groups attached to an aromatic ring is 1. The smallest absolute Gasteiger partial charge is 0.267 e. The van der Waals surface area contributed by atoms with Crippen molar-refractivity contribution in [3.63, 3.8) is 0 Å². The van der Waals surface area contributed by atoms with Gasteiger partial charge < -0.3 is 16.8 Å². The van der Waals surface area contributed by atoms with Crippen molar-refractivity contribution in [1.82, 2.24) is 4.98 Å². The number of hydrogen-bond donors (Lipinski definition) is 3. The van der Waals surface area contributed by atoms with Crippen LogP contribution in [0.15, 0.2) is 36.4 Å². The fourth-order valence-corrected chi connectivity index (χ4v) is 1.40. The summed E-state index contributed by atoms with van der Waals surface area (Å²) in [5, 5.41) is 2.72. The first kappa shape index (κ1) is 11.8. The summed E-state index contributed by atoms with van der Waals surface area (Å²) in [4.78, 5) is 14.9. The fraction of sp³-hybridized carbons (Fsp3) is 0. The molecule has 5 N–H and O–H groups in total. The van der Waals surface area contributed by atoms with E-state index < -0.39 is 11.7 Å². The van der Waals surface area contributed by atoms with Crippen LogP contribution in [0, 0.1) is 5.82 Å². The van der Waals surface area contributed by atoms with Gasteiger partial charge in [0.1, 0.15) is 11.5 Å². The number of carbonyl (C=O) groups excluding carboxylic acids is 1. The van der Waals surface area contributed by atoms with Gasteiger partial charge in [0.2, 0.25) is 0 Å². The molecule has 1 heterocycles. The maximum Gasteiger partial charge on any atom is 0.267 e. The van der Waals surface area contributed by atoms with Crippen molar-refractivity contribution in [2.45, 2.75) is 0 Å². The van der Waals surface area contributed by atoms with Gasteiger partial charge in [-0.15, -0.1) is 0 Å². The van der Waals surface area contributed by atoms with Crippen molar-refractivity contribution in [3.05, 3.63) is 47.9 Å². The first-order chi connectivity index (χ1) is 8.58. The summed E-state index contributed by atoms with van der Waals surface area (Å²) in [6, 6.07) is 8.96. The second kappa shape index (κ2) is 4.70. The van der Waals surface area contributed by atoms with E-state index in [1.807, 2.05) is 0 Å². The van der Waals surface area contributed by atoms with E-state index in [1.54, 1.807) is 12.1 Å². The van der Waals surface area contributed by atoms with Crippen LogP contribution in [-0.4, -0.2) is 10.9 Å². The molecule has 0 atom stereocenters. The lowest BCUT2D eigenvalue weighted by Gasteiger charge is -2.09. The van der Waals surface area contributed by atoms with E-state index in [9.17, 15) is 9.18 Å². The lowest BCUT2D eigenvalue weighted by molar-refractivity contribution is 0.0996. The van der Waals surface area contributed by atoms with Gasteiger partial charge in [-0.25, -0.2) is 9.37 Å². The van der Waals surface area contributed by atoms with Crippen molar-refractivity contribution >= 4 is 23.1 Å². The normalized spacial score (nSPS) is 10.1. The van der Waals surface area contributed by atoms with Gasteiger partial charge in [0, 0.05) is 0 Å². The van der Waals surface area contributed by atoms with Gasteiger partial charge in [0.15, 0.2) is 5.82 Å². The maximum absolute atomic E-state index is 13.4. The number of halogens is 1. The molecule has 92 valence electrons. The number of benzene rings is 1. The van der Waals surface area contributed by atoms with E-state index in [4.69, 9.17) is 11.5 Å². The minimum atomic E-state index is -0.674. The third-order valence-electron chi connectivity index (χ3n) is 2.31. The number of anilines is 3. The first-order valence-electron chi connectivity index (χ1n) is 5.16. The Balaban J connectivity index is 2.37. The Hall–Kier alpha value is -2.63. The number of carbonyl (C=O) groups is 1. The Labute approximate surface area is 103 Å². The van der Waals surface area contributed by atoms with Crippen molar-refractivity contribution < 1.29 is 9.18 Å². The summed E-state index contributed by atoms with van der Waals surface area (Å²) in [5.74, 6) is -0.925. The third-order valence-corrected chi connectivity index (χ3v) is 2.31. The highest BCUT2D eigenvalue weighted by molar-refractivity contribution is 5.92. The lowest BCUT2D eigenvalue weighted by atomic mass is 10.2. The molecular weight excluding hydrogens is 235 g/mol. The minimum Gasteiger partial charge on any atom is -0.396 e. The molecule has 0 aliphatic rings. The average molecular weight is 246 g/mol. The Bertz CT molecular complexity index is 600. The number of nitrogens with zero attached hydrogens (tertiary/aromatic N) is 1. The number of primary amides is 1. The summed E-state index contributed by atoms with van der Waals surface area (Å²) in [6.45, 7) is 0. The van der Waals surface area contributed by atoms with Crippen LogP contribution in [0.3, 0.4) is 0 Å². The number of hydrogen-bond acceptors (Lipinski definition) is 4. The molecule has 6 heteroatoms. The van der Waals surface area contributed by atoms with E-state index in [0.29, 0.717) is 5.69 Å². The lowest BCUT2D eigenvalue weighted by Crippen LogP contribution is -2.14. The van der Waals surface area contributed by atoms with Gasteiger partial charge in [-0.1, -0.05) is 12.1 Å². The van der Waals surface area contributed by atoms with Crippen LogP contribution in [0.1, 0.15) is 10.5 Å². The largest absolute Gasteiger partial charge is 0.396 e. The van der Waals surface area contributed by atoms with E-state index in [1.165, 1.54) is 24.3 Å². The first-order valence-corrected chi connectivity index (χ1v) is 5.16. The molecule has 0 aliphatic heterocycles. The third kappa shape index (κ3) is 2.37. The zero-order chi connectivity index (χ0) is 13.1. The topological polar surface area (TPSA) is 94.0 Å². The molecule has 2 aromatic rings. The molecule has 1 aromatic carbocycles. The Morgan fingerprint density at radius 2 is 1.94 bits per heavy atom. The molecule has 0 saturated heterocycles. The molecule has 0 bridgehead atoms. The Morgan fingerprint density at radius 1 is 1.22 bits per heavy atom. The van der Waals surface area contributed by atoms with Crippen LogP contribution in [-0.2, 0) is 0 Å². The molecule has 0 fully saturated rings. The Kier molecular flexibility index (Phi) is 3.09. The molecule has 2 rings (SSSR count). The van der Waals surface area contributed by atoms with E-state index in [0.717, 1.165) is 0 Å². The standard InChI is InChI=1S/C12H11FN4O/c13-7-3-1-2-4-9(7)16-12-8(14)5-6-10(17-12)11(15)18/h1-6H,14H2,(H2,15,18)(H,16,17). The molecule has 0 spiro atoms. The predicted octanol–water partition coefficient (Wildman–Crippen LogP) is 1.65. The number of nitrogens with one attached hydrogen (secondary N) is 1. The number of pyridine rings is 1. The number of para-hydroxylation sites is 1. The molecule has 0 aliphatic carbocycles. The van der Waals surface area contributed by atoms with Gasteiger partial charge in [-0.05, 0) is 24.3 Å². The van der Waals surface area contributed by atoms with Gasteiger partial charge in [-0.2, -0.15) is 0 Å². The van der Waals surface area contributed by atoms with Gasteiger partial charge in [0.05, 0.1) is 11.4 Å². The SMILES string of the molecule is NC(=O)c1ccc(N)c(Nc2ccccc2F)n1. The number of rotatable bonds is 3. The number of aromatic nitrogens is 1. The van der Waals surface area contributed by atoms with Gasteiger partial charge in [0.25, 0.3) is 5.91 Å². The molecule has 1 amide bonds. The minimum absolute atomic E-state index is 0.0584. The molecular formula is C12H11FN4O. The van der Waals surface area contributed by atoms with Crippen molar-refractivity contribution in [3.8, 4) is 0 Å². The quantitative estimate of drug-likeness (QED) is 0.767. The van der Waals surface area contributed by atoms with E-state index >= 15 is 0 Å². The zero-order valence-corrected chi connectivity index (χ0v) is 9.35. The van der Waals surface area contributed by atoms with Crippen LogP contribution >= 0.6 is 0 Å². The summed E-state index contributed by atoms with van der Waals surface area (Å²) < 4.78 is 13.4. The molecule has 0 saturated carbocycles. The molecule has 0 radical (unpaired) electrons. The summed E-state index contributed by atoms with van der Waals surface area (Å²) in [6.07, 6.45) is 0.